The number of amides is 1. The molecule has 0 radical (unpaired) electrons. The second-order valence-corrected chi connectivity index (χ2v) is 5.12. The van der Waals surface area contributed by atoms with Gasteiger partial charge in [-0.15, -0.1) is 0 Å². The summed E-state index contributed by atoms with van der Waals surface area (Å²) in [6.07, 6.45) is 0. The van der Waals surface area contributed by atoms with Gasteiger partial charge >= 0.3 is 0 Å². The first kappa shape index (κ1) is 12.9. The van der Waals surface area contributed by atoms with Gasteiger partial charge in [-0.3, -0.25) is 9.69 Å². The van der Waals surface area contributed by atoms with Crippen LogP contribution in [0.3, 0.4) is 0 Å². The molecule has 2 heterocycles. The fraction of sp³-hybridized carbons (Fsp3) is 0.429. The second-order valence-electron chi connectivity index (χ2n) is 5.12. The van der Waals surface area contributed by atoms with Gasteiger partial charge in [0.1, 0.15) is 5.52 Å². The van der Waals surface area contributed by atoms with E-state index in [1.807, 2.05) is 17.0 Å². The minimum absolute atomic E-state index is 0.141. The summed E-state index contributed by atoms with van der Waals surface area (Å²) in [7, 11) is 0. The molecule has 1 saturated heterocycles. The molecular weight excluding hydrogens is 256 g/mol. The minimum Gasteiger partial charge on any atom is -0.439 e. The van der Waals surface area contributed by atoms with Crippen molar-refractivity contribution in [2.24, 2.45) is 0 Å². The van der Waals surface area contributed by atoms with Gasteiger partial charge in [0.2, 0.25) is 11.8 Å². The van der Waals surface area contributed by atoms with Crippen LogP contribution in [0.1, 0.15) is 12.8 Å². The summed E-state index contributed by atoms with van der Waals surface area (Å²) in [4.78, 5) is 19.8. The quantitative estimate of drug-likeness (QED) is 0.829. The van der Waals surface area contributed by atoms with Crippen LogP contribution in [0.15, 0.2) is 22.6 Å². The largest absolute Gasteiger partial charge is 0.439 e. The van der Waals surface area contributed by atoms with E-state index in [4.69, 9.17) is 10.2 Å². The zero-order chi connectivity index (χ0) is 14.1. The van der Waals surface area contributed by atoms with Crippen LogP contribution in [0.5, 0.6) is 0 Å². The van der Waals surface area contributed by atoms with Gasteiger partial charge in [0.25, 0.3) is 0 Å². The zero-order valence-electron chi connectivity index (χ0n) is 11.5. The summed E-state index contributed by atoms with van der Waals surface area (Å²) in [5, 5.41) is 0. The number of hydrogen-bond donors (Lipinski definition) is 1. The lowest BCUT2D eigenvalue weighted by molar-refractivity contribution is -0.130. The first-order valence-electron chi connectivity index (χ1n) is 6.74. The average Bonchev–Trinajstić information content (AvgIpc) is 2.80. The van der Waals surface area contributed by atoms with E-state index in [1.165, 1.54) is 0 Å². The number of benzene rings is 1. The smallest absolute Gasteiger partial charge is 0.219 e. The number of nitrogens with two attached hydrogens (primary N) is 1. The Morgan fingerprint density at radius 1 is 1.35 bits per heavy atom. The Bertz CT molecular complexity index is 629. The highest BCUT2D eigenvalue weighted by atomic mass is 16.3. The van der Waals surface area contributed by atoms with Crippen LogP contribution in [-0.4, -0.2) is 46.9 Å². The summed E-state index contributed by atoms with van der Waals surface area (Å²) in [5.74, 6) is 0.837. The number of nitrogen functional groups attached to an aromatic ring is 1. The van der Waals surface area contributed by atoms with E-state index in [0.717, 1.165) is 37.3 Å². The molecule has 0 atom stereocenters. The third kappa shape index (κ3) is 2.60. The molecule has 0 bridgehead atoms. The van der Waals surface area contributed by atoms with E-state index in [9.17, 15) is 4.79 Å². The molecule has 0 unspecified atom stereocenters. The Morgan fingerprint density at radius 3 is 2.80 bits per heavy atom. The van der Waals surface area contributed by atoms with Gasteiger partial charge in [0.15, 0.2) is 5.58 Å². The van der Waals surface area contributed by atoms with Crippen molar-refractivity contribution in [1.82, 2.24) is 14.8 Å². The van der Waals surface area contributed by atoms with Crippen molar-refractivity contribution >= 4 is 22.7 Å². The first-order chi connectivity index (χ1) is 9.61. The monoisotopic (exact) mass is 274 g/mol. The van der Waals surface area contributed by atoms with Crippen LogP contribution in [0.25, 0.3) is 11.1 Å². The molecule has 6 heteroatoms. The highest BCUT2D eigenvalue weighted by molar-refractivity contribution is 5.76. The number of aromatic nitrogens is 1. The first-order valence-corrected chi connectivity index (χ1v) is 6.74. The van der Waals surface area contributed by atoms with Gasteiger partial charge in [-0.25, -0.2) is 4.98 Å². The molecule has 3 rings (SSSR count). The molecule has 0 aliphatic carbocycles. The fourth-order valence-electron chi connectivity index (χ4n) is 2.47. The summed E-state index contributed by atoms with van der Waals surface area (Å²) >= 11 is 0. The predicted octanol–water partition coefficient (Wildman–Crippen LogP) is 1.07. The molecule has 2 N–H and O–H groups in total. The molecular formula is C14H18N4O2. The summed E-state index contributed by atoms with van der Waals surface area (Å²) < 4.78 is 5.71. The molecule has 0 saturated carbocycles. The Balaban J connectivity index is 1.66. The number of carbonyl (C=O) groups excluding carboxylic acids is 1. The van der Waals surface area contributed by atoms with Crippen LogP contribution < -0.4 is 5.73 Å². The number of oxazole rings is 1. The Hall–Kier alpha value is -2.08. The van der Waals surface area contributed by atoms with Gasteiger partial charge in [0.05, 0.1) is 6.54 Å². The molecule has 1 aliphatic rings. The van der Waals surface area contributed by atoms with Crippen molar-refractivity contribution < 1.29 is 9.21 Å². The number of fused-ring (bicyclic) bond motifs is 1. The van der Waals surface area contributed by atoms with Crippen molar-refractivity contribution in [3.63, 3.8) is 0 Å². The maximum atomic E-state index is 11.3. The summed E-state index contributed by atoms with van der Waals surface area (Å²) in [5.41, 5.74) is 7.96. The molecule has 1 aliphatic heterocycles. The lowest BCUT2D eigenvalue weighted by Crippen LogP contribution is -2.47. The van der Waals surface area contributed by atoms with Crippen LogP contribution in [0.2, 0.25) is 0 Å². The minimum atomic E-state index is 0.141. The van der Waals surface area contributed by atoms with Crippen LogP contribution in [0.4, 0.5) is 5.69 Å². The standard InChI is InChI=1S/C14H18N4O2/c1-10(19)18-6-4-17(5-7-18)9-14-16-12-3-2-11(15)8-13(12)20-14/h2-3,8H,4-7,9,15H2,1H3. The number of carbonyl (C=O) groups is 1. The van der Waals surface area contributed by atoms with Crippen LogP contribution >= 0.6 is 0 Å². The Labute approximate surface area is 117 Å². The number of nitrogens with zero attached hydrogens (tertiary/aromatic N) is 3. The molecule has 1 amide bonds. The van der Waals surface area contributed by atoms with Crippen molar-refractivity contribution in [2.45, 2.75) is 13.5 Å². The van der Waals surface area contributed by atoms with Gasteiger partial charge < -0.3 is 15.1 Å². The van der Waals surface area contributed by atoms with Crippen LogP contribution in [-0.2, 0) is 11.3 Å². The van der Waals surface area contributed by atoms with Gasteiger partial charge in [0, 0.05) is 44.9 Å². The van der Waals surface area contributed by atoms with Crippen LogP contribution in [0, 0.1) is 0 Å². The average molecular weight is 274 g/mol. The van der Waals surface area contributed by atoms with Gasteiger partial charge in [-0.1, -0.05) is 0 Å². The number of piperazine rings is 1. The fourth-order valence-corrected chi connectivity index (χ4v) is 2.47. The molecule has 0 spiro atoms. The zero-order valence-corrected chi connectivity index (χ0v) is 11.5. The maximum Gasteiger partial charge on any atom is 0.219 e. The lowest BCUT2D eigenvalue weighted by Gasteiger charge is -2.33. The molecule has 6 nitrogen and oxygen atoms in total. The van der Waals surface area contributed by atoms with E-state index in [1.54, 1.807) is 13.0 Å². The number of hydrogen-bond acceptors (Lipinski definition) is 5. The molecule has 106 valence electrons. The van der Waals surface area contributed by atoms with E-state index < -0.39 is 0 Å². The lowest BCUT2D eigenvalue weighted by atomic mass is 10.3. The second kappa shape index (κ2) is 5.13. The van der Waals surface area contributed by atoms with Crippen molar-refractivity contribution in [3.8, 4) is 0 Å². The van der Waals surface area contributed by atoms with Gasteiger partial charge in [-0.2, -0.15) is 0 Å². The number of rotatable bonds is 2. The topological polar surface area (TPSA) is 75.6 Å². The predicted molar refractivity (Wildman–Crippen MR) is 76.0 cm³/mol. The molecule has 2 aromatic rings. The molecule has 1 fully saturated rings. The van der Waals surface area contributed by atoms with Crippen molar-refractivity contribution in [2.75, 3.05) is 31.9 Å². The third-order valence-corrected chi connectivity index (χ3v) is 3.63. The van der Waals surface area contributed by atoms with E-state index in [0.29, 0.717) is 18.1 Å². The van der Waals surface area contributed by atoms with Gasteiger partial charge in [-0.05, 0) is 12.1 Å². The maximum absolute atomic E-state index is 11.3. The highest BCUT2D eigenvalue weighted by Crippen LogP contribution is 2.19. The van der Waals surface area contributed by atoms with E-state index in [-0.39, 0.29) is 5.91 Å². The third-order valence-electron chi connectivity index (χ3n) is 3.63. The summed E-state index contributed by atoms with van der Waals surface area (Å²) in [6.45, 7) is 5.51. The van der Waals surface area contributed by atoms with Crippen molar-refractivity contribution in [3.05, 3.63) is 24.1 Å². The SMILES string of the molecule is CC(=O)N1CCN(Cc2nc3ccc(N)cc3o2)CC1. The van der Waals surface area contributed by atoms with E-state index in [2.05, 4.69) is 9.88 Å². The normalized spacial score (nSPS) is 16.8. The Morgan fingerprint density at radius 2 is 2.10 bits per heavy atom. The van der Waals surface area contributed by atoms with E-state index >= 15 is 0 Å². The molecule has 1 aromatic carbocycles. The Kier molecular flexibility index (Phi) is 3.31. The summed E-state index contributed by atoms with van der Waals surface area (Å²) in [6, 6.07) is 5.48. The molecule has 1 aromatic heterocycles. The van der Waals surface area contributed by atoms with Crippen molar-refractivity contribution in [1.29, 1.82) is 0 Å². The molecule has 20 heavy (non-hydrogen) atoms. The number of anilines is 1. The highest BCUT2D eigenvalue weighted by Gasteiger charge is 2.20.